The number of fused-ring (bicyclic) bond motifs is 1. The van der Waals surface area contributed by atoms with Gasteiger partial charge in [0.2, 0.25) is 17.7 Å². The van der Waals surface area contributed by atoms with Gasteiger partial charge in [0.15, 0.2) is 0 Å². The highest BCUT2D eigenvalue weighted by Crippen LogP contribution is 2.43. The van der Waals surface area contributed by atoms with Gasteiger partial charge in [-0.25, -0.2) is 4.79 Å². The van der Waals surface area contributed by atoms with Crippen LogP contribution >= 0.6 is 0 Å². The summed E-state index contributed by atoms with van der Waals surface area (Å²) in [5.74, 6) is -0.244. The van der Waals surface area contributed by atoms with E-state index in [4.69, 9.17) is 4.42 Å². The van der Waals surface area contributed by atoms with Crippen LogP contribution in [-0.2, 0) is 22.8 Å². The lowest BCUT2D eigenvalue weighted by molar-refractivity contribution is -0.141. The zero-order valence-electron chi connectivity index (χ0n) is 27.6. The summed E-state index contributed by atoms with van der Waals surface area (Å²) in [4.78, 5) is 48.0. The first-order valence-corrected chi connectivity index (χ1v) is 16.7. The van der Waals surface area contributed by atoms with E-state index in [0.29, 0.717) is 79.8 Å². The Labute approximate surface area is 289 Å². The second-order valence-electron chi connectivity index (χ2n) is 13.4. The van der Waals surface area contributed by atoms with Crippen molar-refractivity contribution in [3.63, 3.8) is 0 Å². The molecule has 1 N–H and O–H groups in total. The van der Waals surface area contributed by atoms with Crippen molar-refractivity contribution >= 4 is 34.0 Å². The molecule has 0 radical (unpaired) electrons. The van der Waals surface area contributed by atoms with Crippen LogP contribution < -0.4 is 10.7 Å². The minimum Gasteiger partial charge on any atom is -0.388 e. The average Bonchev–Trinajstić information content (AvgIpc) is 3.91. The van der Waals surface area contributed by atoms with Gasteiger partial charge in [-0.05, 0) is 79.4 Å². The minimum absolute atomic E-state index is 0.00753. The second kappa shape index (κ2) is 12.3. The summed E-state index contributed by atoms with van der Waals surface area (Å²) in [5, 5.41) is 11.8. The largest absolute Gasteiger partial charge is 0.437 e. The number of benzene rings is 2. The minimum atomic E-state index is -4.59. The van der Waals surface area contributed by atoms with E-state index in [0.717, 1.165) is 28.1 Å². The van der Waals surface area contributed by atoms with Crippen molar-refractivity contribution in [2.45, 2.75) is 25.4 Å². The lowest BCUT2D eigenvalue weighted by atomic mass is 9.85. The number of anilines is 1. The number of aromatic amines is 1. The molecule has 0 saturated carbocycles. The summed E-state index contributed by atoms with van der Waals surface area (Å²) in [7, 11) is 1.53. The first-order chi connectivity index (χ1) is 24.5. The number of hydrogen-bond acceptors (Lipinski definition) is 8. The van der Waals surface area contributed by atoms with Crippen molar-refractivity contribution in [3.05, 3.63) is 88.7 Å². The van der Waals surface area contributed by atoms with E-state index >= 15 is 0 Å². The number of alkyl halides is 3. The van der Waals surface area contributed by atoms with Gasteiger partial charge < -0.3 is 14.2 Å². The summed E-state index contributed by atoms with van der Waals surface area (Å²) >= 11 is 0. The first kappa shape index (κ1) is 32.6. The normalized spacial score (nSPS) is 19.8. The Morgan fingerprint density at radius 2 is 1.76 bits per heavy atom. The van der Waals surface area contributed by atoms with Crippen LogP contribution in [0.2, 0.25) is 0 Å². The summed E-state index contributed by atoms with van der Waals surface area (Å²) in [6, 6.07) is 15.5. The van der Waals surface area contributed by atoms with Crippen molar-refractivity contribution in [2.24, 2.45) is 12.5 Å². The molecule has 51 heavy (non-hydrogen) atoms. The Hall–Kier alpha value is -5.57. The fraction of sp³-hybridized carbons (Fsp3) is 0.333. The number of aryl methyl sites for hydroxylation is 1. The molecule has 0 unspecified atom stereocenters. The molecule has 2 aromatic carbocycles. The van der Waals surface area contributed by atoms with E-state index in [2.05, 4.69) is 31.3 Å². The molecule has 262 valence electrons. The standard InChI is InChI=1S/C36H33F3N8O4/c1-44-34(50)51-32(43-44)24-4-2-22(3-5-24)23-9-14-46(15-10-23)30(48)20-45-16-11-35(21-45)12-17-47(33(35)49)26-6-7-28-27(19-26)31(42-41-28)25-8-13-40-29(18-25)36(37,38)39/h2-9,13,18-19H,10-12,14-17,20-21H2,1H3,(H,41,42)/t35-/m0/s1. The molecule has 5 aromatic rings. The van der Waals surface area contributed by atoms with Gasteiger partial charge in [0.25, 0.3) is 0 Å². The lowest BCUT2D eigenvalue weighted by Crippen LogP contribution is -2.43. The van der Waals surface area contributed by atoms with Gasteiger partial charge in [-0.1, -0.05) is 18.2 Å². The summed E-state index contributed by atoms with van der Waals surface area (Å²) in [6.45, 7) is 2.94. The molecule has 6 heterocycles. The van der Waals surface area contributed by atoms with E-state index in [9.17, 15) is 27.6 Å². The van der Waals surface area contributed by atoms with Gasteiger partial charge in [-0.2, -0.15) is 23.0 Å². The van der Waals surface area contributed by atoms with Crippen LogP contribution in [0, 0.1) is 5.41 Å². The van der Waals surface area contributed by atoms with E-state index in [-0.39, 0.29) is 29.8 Å². The highest BCUT2D eigenvalue weighted by atomic mass is 19.4. The van der Waals surface area contributed by atoms with Gasteiger partial charge in [0.05, 0.1) is 17.5 Å². The monoisotopic (exact) mass is 698 g/mol. The van der Waals surface area contributed by atoms with E-state index in [1.807, 2.05) is 35.2 Å². The predicted octanol–water partition coefficient (Wildman–Crippen LogP) is 4.74. The van der Waals surface area contributed by atoms with Crippen molar-refractivity contribution in [1.29, 1.82) is 0 Å². The predicted molar refractivity (Wildman–Crippen MR) is 181 cm³/mol. The van der Waals surface area contributed by atoms with Gasteiger partial charge in [-0.15, -0.1) is 5.10 Å². The highest BCUT2D eigenvalue weighted by molar-refractivity contribution is 6.03. The number of amides is 2. The third kappa shape index (κ3) is 6.00. The molecular formula is C36H33F3N8O4. The van der Waals surface area contributed by atoms with E-state index in [1.54, 1.807) is 17.0 Å². The SMILES string of the molecule is Cn1nc(-c2ccc(C3=CCN(C(=O)CN4CC[C@]5(CCN(c6ccc7[nH]nc(-c8ccnc(C(F)(F)F)c8)c7c6)C5=O)C4)CC3)cc2)oc1=O. The Balaban J connectivity index is 0.900. The van der Waals surface area contributed by atoms with Crippen molar-refractivity contribution in [1.82, 2.24) is 34.8 Å². The highest BCUT2D eigenvalue weighted by Gasteiger charge is 2.51. The summed E-state index contributed by atoms with van der Waals surface area (Å²) in [6.07, 6.45) is 0.584. The molecular weight excluding hydrogens is 665 g/mol. The number of halogens is 3. The van der Waals surface area contributed by atoms with Crippen LogP contribution in [0.25, 0.3) is 39.2 Å². The number of aromatic nitrogens is 5. The number of nitrogens with zero attached hydrogens (tertiary/aromatic N) is 7. The quantitative estimate of drug-likeness (QED) is 0.269. The lowest BCUT2D eigenvalue weighted by Gasteiger charge is -2.29. The molecule has 3 aliphatic heterocycles. The van der Waals surface area contributed by atoms with Crippen molar-refractivity contribution in [2.75, 3.05) is 44.2 Å². The van der Waals surface area contributed by atoms with Gasteiger partial charge >= 0.3 is 11.9 Å². The Bertz CT molecular complexity index is 2260. The molecule has 2 saturated heterocycles. The smallest absolute Gasteiger partial charge is 0.388 e. The maximum absolute atomic E-state index is 14.0. The van der Waals surface area contributed by atoms with Crippen LogP contribution in [-0.4, -0.2) is 85.8 Å². The topological polar surface area (TPSA) is 133 Å². The maximum atomic E-state index is 14.0. The van der Waals surface area contributed by atoms with Crippen LogP contribution in [0.3, 0.4) is 0 Å². The number of H-pyrrole nitrogens is 1. The molecule has 1 spiro atoms. The Morgan fingerprint density at radius 1 is 0.980 bits per heavy atom. The van der Waals surface area contributed by atoms with Gasteiger partial charge in [0.1, 0.15) is 11.4 Å². The average molecular weight is 699 g/mol. The number of nitrogens with one attached hydrogen (secondary N) is 1. The van der Waals surface area contributed by atoms with Crippen molar-refractivity contribution < 1.29 is 27.2 Å². The van der Waals surface area contributed by atoms with Crippen LogP contribution in [0.1, 0.15) is 30.5 Å². The number of pyridine rings is 1. The number of carbonyl (C=O) groups excluding carboxylic acids is 2. The third-order valence-corrected chi connectivity index (χ3v) is 10.2. The summed E-state index contributed by atoms with van der Waals surface area (Å²) in [5.41, 5.74) is 3.19. The molecule has 12 nitrogen and oxygen atoms in total. The van der Waals surface area contributed by atoms with Crippen LogP contribution in [0.5, 0.6) is 0 Å². The first-order valence-electron chi connectivity index (χ1n) is 16.7. The zero-order chi connectivity index (χ0) is 35.5. The number of rotatable bonds is 6. The number of carbonyl (C=O) groups is 2. The molecule has 15 heteroatoms. The Kier molecular flexibility index (Phi) is 7.89. The molecule has 8 rings (SSSR count). The van der Waals surface area contributed by atoms with Crippen LogP contribution in [0.15, 0.2) is 76.1 Å². The molecule has 2 amide bonds. The van der Waals surface area contributed by atoms with Gasteiger partial charge in [-0.3, -0.25) is 24.6 Å². The van der Waals surface area contributed by atoms with E-state index < -0.39 is 23.0 Å². The molecule has 1 atom stereocenters. The number of likely N-dealkylation sites (tertiary alicyclic amines) is 1. The number of hydrogen-bond donors (Lipinski definition) is 1. The molecule has 0 bridgehead atoms. The Morgan fingerprint density at radius 3 is 2.49 bits per heavy atom. The zero-order valence-corrected chi connectivity index (χ0v) is 27.6. The fourth-order valence-corrected chi connectivity index (χ4v) is 7.40. The molecule has 0 aliphatic carbocycles. The molecule has 3 aromatic heterocycles. The van der Waals surface area contributed by atoms with Crippen LogP contribution in [0.4, 0.5) is 18.9 Å². The fourth-order valence-electron chi connectivity index (χ4n) is 7.40. The third-order valence-electron chi connectivity index (χ3n) is 10.2. The maximum Gasteiger partial charge on any atom is 0.437 e. The van der Waals surface area contributed by atoms with Crippen molar-refractivity contribution in [3.8, 4) is 22.7 Å². The van der Waals surface area contributed by atoms with Gasteiger partial charge in [0, 0.05) is 61.6 Å². The summed E-state index contributed by atoms with van der Waals surface area (Å²) < 4.78 is 46.3. The molecule has 2 fully saturated rings. The van der Waals surface area contributed by atoms with E-state index in [1.165, 1.54) is 13.1 Å². The second-order valence-corrected chi connectivity index (χ2v) is 13.4. The molecule has 3 aliphatic rings.